The molecule has 98 valence electrons. The van der Waals surface area contributed by atoms with Crippen molar-refractivity contribution in [3.8, 4) is 5.75 Å². The van der Waals surface area contributed by atoms with Crippen LogP contribution in [0.3, 0.4) is 0 Å². The molecule has 1 aliphatic rings. The number of benzene rings is 1. The minimum absolute atomic E-state index is 0.145. The molecule has 5 heteroatoms. The van der Waals surface area contributed by atoms with Crippen LogP contribution in [0.15, 0.2) is 18.2 Å². The van der Waals surface area contributed by atoms with Crippen molar-refractivity contribution in [3.05, 3.63) is 23.8 Å². The molecule has 0 aromatic heterocycles. The Hall–Kier alpha value is -1.75. The average molecular weight is 251 g/mol. The topological polar surface area (TPSA) is 67.8 Å². The van der Waals surface area contributed by atoms with E-state index in [0.717, 1.165) is 19.3 Å². The van der Waals surface area contributed by atoms with Gasteiger partial charge in [0.05, 0.1) is 18.4 Å². The molecule has 1 aromatic rings. The number of ether oxygens (including phenoxy) is 2. The number of methoxy groups -OCH3 is 1. The maximum Gasteiger partial charge on any atom is 0.337 e. The van der Waals surface area contributed by atoms with Crippen LogP contribution in [-0.4, -0.2) is 31.0 Å². The Morgan fingerprint density at radius 1 is 1.50 bits per heavy atom. The zero-order valence-electron chi connectivity index (χ0n) is 10.3. The van der Waals surface area contributed by atoms with E-state index in [4.69, 9.17) is 9.47 Å². The van der Waals surface area contributed by atoms with Gasteiger partial charge in [0.15, 0.2) is 0 Å². The molecule has 5 nitrogen and oxygen atoms in total. The summed E-state index contributed by atoms with van der Waals surface area (Å²) in [5, 5.41) is 12.3. The summed E-state index contributed by atoms with van der Waals surface area (Å²) in [7, 11) is 1.52. The van der Waals surface area contributed by atoms with Gasteiger partial charge in [-0.3, -0.25) is 0 Å². The van der Waals surface area contributed by atoms with Crippen LogP contribution < -0.4 is 10.1 Å². The number of hydrogen-bond acceptors (Lipinski definition) is 4. The van der Waals surface area contributed by atoms with Crippen molar-refractivity contribution in [2.24, 2.45) is 0 Å². The van der Waals surface area contributed by atoms with E-state index in [0.29, 0.717) is 18.0 Å². The second-order valence-electron chi connectivity index (χ2n) is 4.19. The van der Waals surface area contributed by atoms with E-state index in [2.05, 4.69) is 5.32 Å². The van der Waals surface area contributed by atoms with Crippen molar-refractivity contribution in [2.45, 2.75) is 25.5 Å². The molecule has 1 heterocycles. The van der Waals surface area contributed by atoms with Crippen LogP contribution in [0, 0.1) is 0 Å². The third kappa shape index (κ3) is 2.73. The van der Waals surface area contributed by atoms with E-state index in [1.54, 1.807) is 18.2 Å². The SMILES string of the molecule is COc1cccc(C(=O)O)c1NC1CCCCO1. The molecule has 1 aromatic carbocycles. The lowest BCUT2D eigenvalue weighted by molar-refractivity contribution is 0.0341. The predicted molar refractivity (Wildman–Crippen MR) is 67.2 cm³/mol. The Bertz CT molecular complexity index is 427. The van der Waals surface area contributed by atoms with Gasteiger partial charge in [-0.1, -0.05) is 6.07 Å². The number of carbonyl (C=O) groups is 1. The molecule has 0 saturated carbocycles. The summed E-state index contributed by atoms with van der Waals surface area (Å²) in [6, 6.07) is 4.95. The van der Waals surface area contributed by atoms with E-state index >= 15 is 0 Å². The summed E-state index contributed by atoms with van der Waals surface area (Å²) in [4.78, 5) is 11.2. The molecule has 2 rings (SSSR count). The lowest BCUT2D eigenvalue weighted by Gasteiger charge is -2.26. The molecule has 0 radical (unpaired) electrons. The second-order valence-corrected chi connectivity index (χ2v) is 4.19. The van der Waals surface area contributed by atoms with E-state index < -0.39 is 5.97 Å². The molecule has 1 atom stereocenters. The lowest BCUT2D eigenvalue weighted by atomic mass is 10.1. The van der Waals surface area contributed by atoms with Crippen molar-refractivity contribution in [1.29, 1.82) is 0 Å². The van der Waals surface area contributed by atoms with Gasteiger partial charge >= 0.3 is 5.97 Å². The zero-order chi connectivity index (χ0) is 13.0. The number of rotatable bonds is 4. The van der Waals surface area contributed by atoms with Crippen LogP contribution in [0.25, 0.3) is 0 Å². The lowest BCUT2D eigenvalue weighted by Crippen LogP contribution is -2.28. The minimum atomic E-state index is -0.979. The Labute approximate surface area is 106 Å². The van der Waals surface area contributed by atoms with Gasteiger partial charge in [-0.05, 0) is 31.4 Å². The molecule has 1 fully saturated rings. The highest BCUT2D eigenvalue weighted by molar-refractivity contribution is 5.96. The van der Waals surface area contributed by atoms with Crippen LogP contribution in [0.4, 0.5) is 5.69 Å². The second kappa shape index (κ2) is 5.73. The van der Waals surface area contributed by atoms with Gasteiger partial charge in [-0.25, -0.2) is 4.79 Å². The standard InChI is InChI=1S/C13H17NO4/c1-17-10-6-4-5-9(13(15)16)12(10)14-11-7-2-3-8-18-11/h4-6,11,14H,2-3,7-8H2,1H3,(H,15,16). The molecular formula is C13H17NO4. The highest BCUT2D eigenvalue weighted by Gasteiger charge is 2.20. The van der Waals surface area contributed by atoms with Crippen molar-refractivity contribution in [2.75, 3.05) is 19.0 Å². The Morgan fingerprint density at radius 2 is 2.33 bits per heavy atom. The molecule has 0 amide bonds. The first-order chi connectivity index (χ1) is 8.72. The van der Waals surface area contributed by atoms with Crippen LogP contribution in [0.5, 0.6) is 5.75 Å². The summed E-state index contributed by atoms with van der Waals surface area (Å²) in [5.74, 6) is -0.462. The molecule has 18 heavy (non-hydrogen) atoms. The smallest absolute Gasteiger partial charge is 0.337 e. The molecule has 1 aliphatic heterocycles. The summed E-state index contributed by atoms with van der Waals surface area (Å²) in [6.07, 6.45) is 2.86. The first-order valence-electron chi connectivity index (χ1n) is 6.01. The molecule has 2 N–H and O–H groups in total. The van der Waals surface area contributed by atoms with Crippen LogP contribution >= 0.6 is 0 Å². The number of nitrogens with one attached hydrogen (secondary N) is 1. The fourth-order valence-electron chi connectivity index (χ4n) is 2.04. The molecule has 0 spiro atoms. The summed E-state index contributed by atoms with van der Waals surface area (Å²) < 4.78 is 10.8. The zero-order valence-corrected chi connectivity index (χ0v) is 10.3. The normalized spacial score (nSPS) is 19.3. The number of anilines is 1. The van der Waals surface area contributed by atoms with Gasteiger partial charge < -0.3 is 19.9 Å². The molecule has 0 aliphatic carbocycles. The first-order valence-corrected chi connectivity index (χ1v) is 6.01. The quantitative estimate of drug-likeness (QED) is 0.859. The van der Waals surface area contributed by atoms with Crippen LogP contribution in [-0.2, 0) is 4.74 Å². The number of hydrogen-bond donors (Lipinski definition) is 2. The number of carboxylic acids is 1. The highest BCUT2D eigenvalue weighted by atomic mass is 16.5. The maximum atomic E-state index is 11.2. The average Bonchev–Trinajstić information content (AvgIpc) is 2.40. The largest absolute Gasteiger partial charge is 0.495 e. The minimum Gasteiger partial charge on any atom is -0.495 e. The van der Waals surface area contributed by atoms with Gasteiger partial charge in [0.1, 0.15) is 12.0 Å². The number of carboxylic acid groups (broad SMARTS) is 1. The van der Waals surface area contributed by atoms with Gasteiger partial charge in [0.2, 0.25) is 0 Å². The fourth-order valence-corrected chi connectivity index (χ4v) is 2.04. The summed E-state index contributed by atoms with van der Waals surface area (Å²) in [6.45, 7) is 0.704. The van der Waals surface area contributed by atoms with Crippen molar-refractivity contribution in [1.82, 2.24) is 0 Å². The number of para-hydroxylation sites is 1. The first kappa shape index (κ1) is 12.7. The van der Waals surface area contributed by atoms with Gasteiger partial charge in [-0.15, -0.1) is 0 Å². The Kier molecular flexibility index (Phi) is 4.04. The van der Waals surface area contributed by atoms with Crippen LogP contribution in [0.2, 0.25) is 0 Å². The highest BCUT2D eigenvalue weighted by Crippen LogP contribution is 2.30. The maximum absolute atomic E-state index is 11.2. The van der Waals surface area contributed by atoms with Crippen molar-refractivity contribution >= 4 is 11.7 Å². The third-order valence-corrected chi connectivity index (χ3v) is 2.96. The van der Waals surface area contributed by atoms with E-state index in [9.17, 15) is 9.90 Å². The molecule has 1 saturated heterocycles. The van der Waals surface area contributed by atoms with Gasteiger partial charge in [0.25, 0.3) is 0 Å². The van der Waals surface area contributed by atoms with Crippen molar-refractivity contribution in [3.63, 3.8) is 0 Å². The van der Waals surface area contributed by atoms with Gasteiger partial charge in [0, 0.05) is 6.61 Å². The predicted octanol–water partition coefficient (Wildman–Crippen LogP) is 2.33. The van der Waals surface area contributed by atoms with Crippen molar-refractivity contribution < 1.29 is 19.4 Å². The summed E-state index contributed by atoms with van der Waals surface area (Å²) >= 11 is 0. The van der Waals surface area contributed by atoms with Gasteiger partial charge in [-0.2, -0.15) is 0 Å². The third-order valence-electron chi connectivity index (χ3n) is 2.96. The Balaban J connectivity index is 2.25. The van der Waals surface area contributed by atoms with Crippen LogP contribution in [0.1, 0.15) is 29.6 Å². The fraction of sp³-hybridized carbons (Fsp3) is 0.462. The monoisotopic (exact) mass is 251 g/mol. The van der Waals surface area contributed by atoms with E-state index in [-0.39, 0.29) is 11.8 Å². The number of aromatic carboxylic acids is 1. The molecule has 1 unspecified atom stereocenters. The van der Waals surface area contributed by atoms with E-state index in [1.165, 1.54) is 7.11 Å². The molecule has 0 bridgehead atoms. The Morgan fingerprint density at radius 3 is 2.94 bits per heavy atom. The summed E-state index contributed by atoms with van der Waals surface area (Å²) in [5.41, 5.74) is 0.683. The molecular weight excluding hydrogens is 234 g/mol. The van der Waals surface area contributed by atoms with E-state index in [1.807, 2.05) is 0 Å².